The molecule has 0 radical (unpaired) electrons. The zero-order valence-corrected chi connectivity index (χ0v) is 20.7. The monoisotopic (exact) mass is 505 g/mol. The molecule has 1 heterocycles. The van der Waals surface area contributed by atoms with Crippen molar-refractivity contribution in [3.63, 3.8) is 0 Å². The van der Waals surface area contributed by atoms with Crippen LogP contribution in [-0.4, -0.2) is 25.3 Å². The quantitative estimate of drug-likeness (QED) is 0.225. The fourth-order valence-electron chi connectivity index (χ4n) is 3.93. The maximum Gasteiger partial charge on any atom is 0.0716 e. The van der Waals surface area contributed by atoms with Crippen LogP contribution in [0.25, 0.3) is 33.3 Å². The molecule has 5 rings (SSSR count). The number of halogens is 1. The highest BCUT2D eigenvalue weighted by Gasteiger charge is 2.10. The lowest BCUT2D eigenvalue weighted by Crippen LogP contribution is -2.08. The first kappa shape index (κ1) is 22.1. The number of anilines is 1. The van der Waals surface area contributed by atoms with Crippen LogP contribution >= 0.6 is 15.9 Å². The van der Waals surface area contributed by atoms with Gasteiger partial charge in [0.1, 0.15) is 0 Å². The first-order valence-corrected chi connectivity index (χ1v) is 11.9. The molecule has 0 saturated heterocycles. The Morgan fingerprint density at radius 3 is 2.21 bits per heavy atom. The van der Waals surface area contributed by atoms with Gasteiger partial charge < -0.3 is 4.90 Å². The van der Waals surface area contributed by atoms with Gasteiger partial charge in [0, 0.05) is 41.4 Å². The maximum atomic E-state index is 4.96. The molecule has 5 aromatic rings. The minimum atomic E-state index is 0.911. The van der Waals surface area contributed by atoms with Gasteiger partial charge in [0.05, 0.1) is 16.9 Å². The molecule has 0 unspecified atom stereocenters. The lowest BCUT2D eigenvalue weighted by atomic mass is 9.98. The molecule has 4 aromatic carbocycles. The summed E-state index contributed by atoms with van der Waals surface area (Å²) in [5, 5.41) is 1.13. The summed E-state index contributed by atoms with van der Waals surface area (Å²) in [7, 11) is 4.08. The van der Waals surface area contributed by atoms with Crippen molar-refractivity contribution in [1.82, 2.24) is 4.98 Å². The first-order valence-electron chi connectivity index (χ1n) is 11.1. The predicted octanol–water partition coefficient (Wildman–Crippen LogP) is 8.15. The normalized spacial score (nSPS) is 11.3. The fraction of sp³-hybridized carbons (Fsp3) is 0.0667. The van der Waals surface area contributed by atoms with Crippen LogP contribution in [0.5, 0.6) is 0 Å². The minimum absolute atomic E-state index is 0.911. The number of rotatable bonds is 5. The van der Waals surface area contributed by atoms with Crippen molar-refractivity contribution < 1.29 is 0 Å². The third-order valence-corrected chi connectivity index (χ3v) is 6.28. The molecule has 0 spiro atoms. The average Bonchev–Trinajstić information content (AvgIpc) is 2.88. The van der Waals surface area contributed by atoms with E-state index in [2.05, 4.69) is 105 Å². The SMILES string of the molecule is CN(C)c1ccc(C=Nc2ccc(-c3cc(-c4ccccc4)c4cc(Br)ccc4n3)cc2)cc1. The highest BCUT2D eigenvalue weighted by molar-refractivity contribution is 9.10. The Balaban J connectivity index is 1.46. The Labute approximate surface area is 208 Å². The highest BCUT2D eigenvalue weighted by Crippen LogP contribution is 2.34. The predicted molar refractivity (Wildman–Crippen MR) is 148 cm³/mol. The Morgan fingerprint density at radius 1 is 0.765 bits per heavy atom. The van der Waals surface area contributed by atoms with E-state index in [1.54, 1.807) is 0 Å². The fourth-order valence-corrected chi connectivity index (χ4v) is 4.29. The Bertz CT molecular complexity index is 1460. The topological polar surface area (TPSA) is 28.5 Å². The average molecular weight is 506 g/mol. The first-order chi connectivity index (χ1) is 16.6. The number of hydrogen-bond donors (Lipinski definition) is 0. The molecule has 0 atom stereocenters. The second-order valence-corrected chi connectivity index (χ2v) is 9.29. The number of aliphatic imine (C=N–C) groups is 1. The molecule has 166 valence electrons. The van der Waals surface area contributed by atoms with Gasteiger partial charge >= 0.3 is 0 Å². The van der Waals surface area contributed by atoms with Crippen molar-refractivity contribution in [1.29, 1.82) is 0 Å². The van der Waals surface area contributed by atoms with Gasteiger partial charge in [-0.05, 0) is 65.2 Å². The van der Waals surface area contributed by atoms with Gasteiger partial charge in [-0.2, -0.15) is 0 Å². The summed E-state index contributed by atoms with van der Waals surface area (Å²) in [6, 6.07) is 35.5. The third-order valence-electron chi connectivity index (χ3n) is 5.79. The van der Waals surface area contributed by atoms with Crippen molar-refractivity contribution in [2.24, 2.45) is 4.99 Å². The molecule has 3 nitrogen and oxygen atoms in total. The van der Waals surface area contributed by atoms with Crippen LogP contribution in [0, 0.1) is 0 Å². The summed E-state index contributed by atoms with van der Waals surface area (Å²) in [6.45, 7) is 0. The van der Waals surface area contributed by atoms with Crippen LogP contribution in [0.1, 0.15) is 5.56 Å². The number of nitrogens with zero attached hydrogens (tertiary/aromatic N) is 3. The lowest BCUT2D eigenvalue weighted by Gasteiger charge is -2.11. The van der Waals surface area contributed by atoms with E-state index >= 15 is 0 Å². The zero-order chi connectivity index (χ0) is 23.5. The largest absolute Gasteiger partial charge is 0.378 e. The second kappa shape index (κ2) is 9.62. The van der Waals surface area contributed by atoms with Crippen LogP contribution in [0.3, 0.4) is 0 Å². The van der Waals surface area contributed by atoms with E-state index in [-0.39, 0.29) is 0 Å². The molecule has 0 aliphatic heterocycles. The highest BCUT2D eigenvalue weighted by atomic mass is 79.9. The van der Waals surface area contributed by atoms with E-state index in [0.29, 0.717) is 0 Å². The number of aromatic nitrogens is 1. The summed E-state index contributed by atoms with van der Waals surface area (Å²) in [5.41, 5.74) is 8.49. The van der Waals surface area contributed by atoms with E-state index < -0.39 is 0 Å². The van der Waals surface area contributed by atoms with Crippen molar-refractivity contribution in [2.75, 3.05) is 19.0 Å². The van der Waals surface area contributed by atoms with E-state index in [0.717, 1.165) is 37.9 Å². The van der Waals surface area contributed by atoms with Crippen molar-refractivity contribution in [2.45, 2.75) is 0 Å². The molecule has 1 aromatic heterocycles. The summed E-state index contributed by atoms with van der Waals surface area (Å²) in [4.78, 5) is 11.7. The van der Waals surface area contributed by atoms with E-state index in [9.17, 15) is 0 Å². The summed E-state index contributed by atoms with van der Waals surface area (Å²) >= 11 is 3.61. The van der Waals surface area contributed by atoms with Crippen LogP contribution in [0.15, 0.2) is 113 Å². The van der Waals surface area contributed by atoms with Gasteiger partial charge in [0.25, 0.3) is 0 Å². The lowest BCUT2D eigenvalue weighted by molar-refractivity contribution is 1.13. The van der Waals surface area contributed by atoms with Crippen molar-refractivity contribution in [3.8, 4) is 22.4 Å². The standard InChI is InChI=1S/C30H24BrN3/c1-34(2)26-15-8-21(9-16-26)20-32-25-13-10-23(11-14-25)30-19-27(22-6-4-3-5-7-22)28-18-24(31)12-17-29(28)33-30/h3-20H,1-2H3. The molecule has 0 saturated carbocycles. The number of fused-ring (bicyclic) bond motifs is 1. The summed E-state index contributed by atoms with van der Waals surface area (Å²) < 4.78 is 1.05. The second-order valence-electron chi connectivity index (χ2n) is 8.37. The zero-order valence-electron chi connectivity index (χ0n) is 19.1. The minimum Gasteiger partial charge on any atom is -0.378 e. The number of benzene rings is 4. The maximum absolute atomic E-state index is 4.96. The van der Waals surface area contributed by atoms with E-state index in [4.69, 9.17) is 4.98 Å². The molecule has 0 fully saturated rings. The van der Waals surface area contributed by atoms with Crippen LogP contribution < -0.4 is 4.90 Å². The summed E-state index contributed by atoms with van der Waals surface area (Å²) in [5.74, 6) is 0. The van der Waals surface area contributed by atoms with Crippen molar-refractivity contribution in [3.05, 3.63) is 113 Å². The molecule has 0 bridgehead atoms. The van der Waals surface area contributed by atoms with Crippen LogP contribution in [0.4, 0.5) is 11.4 Å². The molecule has 34 heavy (non-hydrogen) atoms. The van der Waals surface area contributed by atoms with Gasteiger partial charge in [0.2, 0.25) is 0 Å². The van der Waals surface area contributed by atoms with E-state index in [1.165, 1.54) is 16.8 Å². The molecule has 0 amide bonds. The van der Waals surface area contributed by atoms with Gasteiger partial charge in [-0.1, -0.05) is 70.5 Å². The molecule has 0 aliphatic carbocycles. The molecule has 0 aliphatic rings. The molecular weight excluding hydrogens is 482 g/mol. The smallest absolute Gasteiger partial charge is 0.0716 e. The molecule has 0 N–H and O–H groups in total. The Kier molecular flexibility index (Phi) is 6.24. The van der Waals surface area contributed by atoms with Crippen molar-refractivity contribution >= 4 is 44.4 Å². The number of pyridine rings is 1. The Morgan fingerprint density at radius 2 is 1.50 bits per heavy atom. The summed E-state index contributed by atoms with van der Waals surface area (Å²) in [6.07, 6.45) is 1.90. The van der Waals surface area contributed by atoms with Gasteiger partial charge in [0.15, 0.2) is 0 Å². The number of hydrogen-bond acceptors (Lipinski definition) is 3. The molecular formula is C30H24BrN3. The van der Waals surface area contributed by atoms with Crippen LogP contribution in [-0.2, 0) is 0 Å². The van der Waals surface area contributed by atoms with Crippen LogP contribution in [0.2, 0.25) is 0 Å². The van der Waals surface area contributed by atoms with Gasteiger partial charge in [-0.3, -0.25) is 4.99 Å². The van der Waals surface area contributed by atoms with E-state index in [1.807, 2.05) is 44.6 Å². The molecule has 4 heteroatoms. The van der Waals surface area contributed by atoms with Gasteiger partial charge in [-0.25, -0.2) is 4.98 Å². The van der Waals surface area contributed by atoms with Gasteiger partial charge in [-0.15, -0.1) is 0 Å². The third kappa shape index (κ3) is 4.78. The Hall–Kier alpha value is -3.76.